The number of sulfonamides is 1. The van der Waals surface area contributed by atoms with Gasteiger partial charge in [-0.2, -0.15) is 13.2 Å². The molecule has 3 rings (SSSR count). The Kier molecular flexibility index (Phi) is 10.7. The van der Waals surface area contributed by atoms with Crippen LogP contribution in [-0.4, -0.2) is 64.3 Å². The maximum absolute atomic E-state index is 13.5. The third-order valence-corrected chi connectivity index (χ3v) is 6.73. The first-order valence-electron chi connectivity index (χ1n) is 11.3. The Bertz CT molecular complexity index is 1250. The van der Waals surface area contributed by atoms with Gasteiger partial charge >= 0.3 is 12.1 Å². The molecule has 1 aliphatic heterocycles. The molecule has 0 aliphatic carbocycles. The predicted octanol–water partition coefficient (Wildman–Crippen LogP) is 3.71. The maximum atomic E-state index is 13.5. The fourth-order valence-corrected chi connectivity index (χ4v) is 4.52. The number of carbonyl (C=O) groups is 2. The van der Waals surface area contributed by atoms with E-state index in [4.69, 9.17) is 21.5 Å². The SMILES string of the molecule is CC(C)CNC(=O)c1ccc(N2CCNCC2)c(NS(=O)(=O)c2ccc(F)c(Cl)c2)c1.O=C(O)C(F)(F)F. The summed E-state index contributed by atoms with van der Waals surface area (Å²) in [6.45, 7) is 7.38. The minimum atomic E-state index is -5.08. The Labute approximate surface area is 222 Å². The highest BCUT2D eigenvalue weighted by molar-refractivity contribution is 7.92. The lowest BCUT2D eigenvalue weighted by Crippen LogP contribution is -2.43. The van der Waals surface area contributed by atoms with Crippen molar-refractivity contribution >= 4 is 44.9 Å². The molecule has 38 heavy (non-hydrogen) atoms. The standard InChI is InChI=1S/C21H26ClFN4O3S.C2HF3O2/c1-14(2)13-25-21(28)15-3-6-20(27-9-7-24-8-10-27)19(11-15)26-31(29,30)16-4-5-18(23)17(22)12-16;3-2(4,5)1(6)7/h3-6,11-12,14,24,26H,7-10,13H2,1-2H3,(H,25,28);(H,6,7). The van der Waals surface area contributed by atoms with Crippen LogP contribution in [0, 0.1) is 11.7 Å². The molecule has 0 unspecified atom stereocenters. The van der Waals surface area contributed by atoms with E-state index in [2.05, 4.69) is 15.4 Å². The molecular weight excluding hydrogens is 556 g/mol. The van der Waals surface area contributed by atoms with Crippen molar-refractivity contribution in [3.63, 3.8) is 0 Å². The Morgan fingerprint density at radius 2 is 1.74 bits per heavy atom. The van der Waals surface area contributed by atoms with Crippen LogP contribution in [0.25, 0.3) is 0 Å². The molecule has 1 saturated heterocycles. The topological polar surface area (TPSA) is 128 Å². The highest BCUT2D eigenvalue weighted by atomic mass is 35.5. The van der Waals surface area contributed by atoms with Gasteiger partial charge in [0.2, 0.25) is 0 Å². The number of anilines is 2. The first-order valence-corrected chi connectivity index (χ1v) is 13.1. The van der Waals surface area contributed by atoms with Gasteiger partial charge in [-0.15, -0.1) is 0 Å². The largest absolute Gasteiger partial charge is 0.490 e. The Morgan fingerprint density at radius 3 is 2.26 bits per heavy atom. The van der Waals surface area contributed by atoms with Crippen molar-refractivity contribution in [2.45, 2.75) is 24.9 Å². The van der Waals surface area contributed by atoms with Gasteiger partial charge in [0.05, 0.1) is 21.3 Å². The fourth-order valence-electron chi connectivity index (χ4n) is 3.19. The number of halogens is 5. The van der Waals surface area contributed by atoms with E-state index < -0.39 is 28.0 Å². The molecule has 0 bridgehead atoms. The number of amides is 1. The summed E-state index contributed by atoms with van der Waals surface area (Å²) in [6.07, 6.45) is -5.08. The summed E-state index contributed by atoms with van der Waals surface area (Å²) in [5.74, 6) is -3.46. The molecule has 0 aromatic heterocycles. The molecule has 0 radical (unpaired) electrons. The van der Waals surface area contributed by atoms with Crippen LogP contribution in [0.4, 0.5) is 28.9 Å². The lowest BCUT2D eigenvalue weighted by Gasteiger charge is -2.31. The van der Waals surface area contributed by atoms with Gasteiger partial charge in [0.1, 0.15) is 5.82 Å². The molecule has 4 N–H and O–H groups in total. The van der Waals surface area contributed by atoms with Crippen LogP contribution in [0.3, 0.4) is 0 Å². The number of piperazine rings is 1. The first kappa shape index (κ1) is 31.1. The maximum Gasteiger partial charge on any atom is 0.490 e. The summed E-state index contributed by atoms with van der Waals surface area (Å²) in [5, 5.41) is 12.9. The second-order valence-corrected chi connectivity index (χ2v) is 10.6. The number of rotatable bonds is 7. The molecule has 1 aliphatic rings. The Balaban J connectivity index is 0.000000638. The van der Waals surface area contributed by atoms with Gasteiger partial charge in [-0.1, -0.05) is 25.4 Å². The number of nitrogens with one attached hydrogen (secondary N) is 3. The van der Waals surface area contributed by atoms with E-state index in [1.807, 2.05) is 18.7 Å². The molecule has 0 spiro atoms. The molecule has 9 nitrogen and oxygen atoms in total. The summed E-state index contributed by atoms with van der Waals surface area (Å²) in [5.41, 5.74) is 1.28. The number of carboxylic acids is 1. The van der Waals surface area contributed by atoms with Crippen LogP contribution in [-0.2, 0) is 14.8 Å². The van der Waals surface area contributed by atoms with Crippen LogP contribution in [0.2, 0.25) is 5.02 Å². The zero-order chi connectivity index (χ0) is 28.7. The first-order chi connectivity index (χ1) is 17.6. The van der Waals surface area contributed by atoms with E-state index >= 15 is 0 Å². The monoisotopic (exact) mass is 582 g/mol. The van der Waals surface area contributed by atoms with Gasteiger partial charge in [-0.25, -0.2) is 17.6 Å². The smallest absolute Gasteiger partial charge is 0.475 e. The average Bonchev–Trinajstić information content (AvgIpc) is 2.84. The molecule has 1 amide bonds. The molecule has 1 heterocycles. The Morgan fingerprint density at radius 1 is 1.13 bits per heavy atom. The number of aliphatic carboxylic acids is 1. The molecular formula is C23H27ClF4N4O5S. The number of hydrogen-bond acceptors (Lipinski definition) is 6. The lowest BCUT2D eigenvalue weighted by molar-refractivity contribution is -0.192. The zero-order valence-electron chi connectivity index (χ0n) is 20.4. The molecule has 0 atom stereocenters. The summed E-state index contributed by atoms with van der Waals surface area (Å²) >= 11 is 5.77. The third-order valence-electron chi connectivity index (χ3n) is 5.08. The number of nitrogens with zero attached hydrogens (tertiary/aromatic N) is 1. The van der Waals surface area contributed by atoms with Crippen molar-refractivity contribution in [2.24, 2.45) is 5.92 Å². The number of carboxylic acid groups (broad SMARTS) is 1. The predicted molar refractivity (Wildman–Crippen MR) is 135 cm³/mol. The van der Waals surface area contributed by atoms with Crippen molar-refractivity contribution in [2.75, 3.05) is 42.3 Å². The van der Waals surface area contributed by atoms with E-state index in [1.165, 1.54) is 6.07 Å². The van der Waals surface area contributed by atoms with Crippen LogP contribution < -0.4 is 20.3 Å². The van der Waals surface area contributed by atoms with Gasteiger partial charge in [-0.05, 0) is 42.3 Å². The lowest BCUT2D eigenvalue weighted by atomic mass is 10.1. The van der Waals surface area contributed by atoms with Gasteiger partial charge in [0.15, 0.2) is 0 Å². The van der Waals surface area contributed by atoms with Crippen LogP contribution in [0.1, 0.15) is 24.2 Å². The van der Waals surface area contributed by atoms with Gasteiger partial charge in [0, 0.05) is 38.3 Å². The normalized spacial score (nSPS) is 13.9. The second-order valence-electron chi connectivity index (χ2n) is 8.56. The molecule has 2 aromatic carbocycles. The molecule has 210 valence electrons. The molecule has 15 heteroatoms. The van der Waals surface area contributed by atoms with Crippen molar-refractivity contribution in [3.05, 3.63) is 52.8 Å². The fraction of sp³-hybridized carbons (Fsp3) is 0.391. The number of carbonyl (C=O) groups excluding carboxylic acids is 1. The van der Waals surface area contributed by atoms with Gasteiger partial charge in [-0.3, -0.25) is 9.52 Å². The van der Waals surface area contributed by atoms with E-state index in [0.717, 1.165) is 31.3 Å². The average molecular weight is 583 g/mol. The van der Waals surface area contributed by atoms with Crippen LogP contribution in [0.5, 0.6) is 0 Å². The quantitative estimate of drug-likeness (QED) is 0.367. The summed E-state index contributed by atoms with van der Waals surface area (Å²) in [6, 6.07) is 8.15. The highest BCUT2D eigenvalue weighted by Gasteiger charge is 2.38. The summed E-state index contributed by atoms with van der Waals surface area (Å²) in [4.78, 5) is 23.3. The van der Waals surface area contributed by atoms with Crippen LogP contribution >= 0.6 is 11.6 Å². The zero-order valence-corrected chi connectivity index (χ0v) is 22.0. The van der Waals surface area contributed by atoms with Crippen molar-refractivity contribution < 1.29 is 40.7 Å². The third kappa shape index (κ3) is 9.03. The van der Waals surface area contributed by atoms with E-state index in [-0.39, 0.29) is 27.4 Å². The number of alkyl halides is 3. The van der Waals surface area contributed by atoms with Crippen molar-refractivity contribution in [1.82, 2.24) is 10.6 Å². The molecule has 0 saturated carbocycles. The number of hydrogen-bond donors (Lipinski definition) is 4. The van der Waals surface area contributed by atoms with Crippen LogP contribution in [0.15, 0.2) is 41.3 Å². The minimum Gasteiger partial charge on any atom is -0.475 e. The molecule has 2 aromatic rings. The Hall–Kier alpha value is -3.10. The second kappa shape index (κ2) is 13.1. The molecule has 1 fully saturated rings. The van der Waals surface area contributed by atoms with Crippen molar-refractivity contribution in [3.8, 4) is 0 Å². The summed E-state index contributed by atoms with van der Waals surface area (Å²) in [7, 11) is -4.06. The highest BCUT2D eigenvalue weighted by Crippen LogP contribution is 2.31. The summed E-state index contributed by atoms with van der Waals surface area (Å²) < 4.78 is 73.7. The number of benzene rings is 2. The van der Waals surface area contributed by atoms with Gasteiger partial charge in [0.25, 0.3) is 15.9 Å². The van der Waals surface area contributed by atoms with E-state index in [9.17, 15) is 30.8 Å². The van der Waals surface area contributed by atoms with E-state index in [1.54, 1.807) is 12.1 Å². The van der Waals surface area contributed by atoms with Gasteiger partial charge < -0.3 is 20.6 Å². The van der Waals surface area contributed by atoms with Crippen molar-refractivity contribution in [1.29, 1.82) is 0 Å². The van der Waals surface area contributed by atoms with E-state index in [0.29, 0.717) is 30.9 Å². The minimum absolute atomic E-state index is 0.167.